The van der Waals surface area contributed by atoms with Gasteiger partial charge in [0.2, 0.25) is 0 Å². The number of ether oxygens (including phenoxy) is 2. The zero-order chi connectivity index (χ0) is 14.1. The summed E-state index contributed by atoms with van der Waals surface area (Å²) in [5.74, 6) is -2.39. The van der Waals surface area contributed by atoms with Crippen molar-refractivity contribution in [3.8, 4) is 0 Å². The van der Waals surface area contributed by atoms with Crippen LogP contribution < -0.4 is 0 Å². The van der Waals surface area contributed by atoms with Gasteiger partial charge >= 0.3 is 0 Å². The van der Waals surface area contributed by atoms with Crippen molar-refractivity contribution in [2.75, 3.05) is 26.4 Å². The van der Waals surface area contributed by atoms with Gasteiger partial charge in [0.05, 0.1) is 13.2 Å². The maximum Gasteiger partial charge on any atom is 0.188 e. The van der Waals surface area contributed by atoms with Gasteiger partial charge in [0, 0.05) is 12.2 Å². The first-order valence-corrected chi connectivity index (χ1v) is 6.29. The van der Waals surface area contributed by atoms with Gasteiger partial charge in [-0.2, -0.15) is 0 Å². The maximum atomic E-state index is 12.9. The summed E-state index contributed by atoms with van der Waals surface area (Å²) in [6, 6.07) is 3.04. The van der Waals surface area contributed by atoms with Crippen LogP contribution in [0.15, 0.2) is 18.2 Å². The molecule has 0 N–H and O–H groups in total. The number of rotatable bonds is 9. The number of halogens is 2. The van der Waals surface area contributed by atoms with E-state index in [0.717, 1.165) is 25.0 Å². The second-order valence-electron chi connectivity index (χ2n) is 4.07. The van der Waals surface area contributed by atoms with Crippen LogP contribution in [-0.2, 0) is 9.47 Å². The number of hydrogen-bond donors (Lipinski definition) is 0. The van der Waals surface area contributed by atoms with Gasteiger partial charge in [-0.05, 0) is 24.6 Å². The van der Waals surface area contributed by atoms with Crippen LogP contribution in [-0.4, -0.2) is 32.2 Å². The molecule has 0 spiro atoms. The first-order valence-electron chi connectivity index (χ1n) is 6.29. The Morgan fingerprint density at radius 3 is 2.53 bits per heavy atom. The van der Waals surface area contributed by atoms with E-state index < -0.39 is 11.6 Å². The van der Waals surface area contributed by atoms with E-state index in [4.69, 9.17) is 9.47 Å². The van der Waals surface area contributed by atoms with Gasteiger partial charge in [-0.3, -0.25) is 4.79 Å². The number of carbonyl (C=O) groups excluding carboxylic acids is 1. The first-order chi connectivity index (χ1) is 9.15. The summed E-state index contributed by atoms with van der Waals surface area (Å²) in [6.07, 6.45) is 2.06. The van der Waals surface area contributed by atoms with Crippen molar-refractivity contribution in [2.45, 2.75) is 19.8 Å². The van der Waals surface area contributed by atoms with E-state index >= 15 is 0 Å². The number of ketones is 1. The van der Waals surface area contributed by atoms with Crippen LogP contribution in [0, 0.1) is 11.6 Å². The highest BCUT2D eigenvalue weighted by molar-refractivity contribution is 5.97. The largest absolute Gasteiger partial charge is 0.379 e. The van der Waals surface area contributed by atoms with Crippen molar-refractivity contribution >= 4 is 5.78 Å². The zero-order valence-corrected chi connectivity index (χ0v) is 11.0. The lowest BCUT2D eigenvalue weighted by Crippen LogP contribution is -2.13. The molecule has 1 aromatic carbocycles. The highest BCUT2D eigenvalue weighted by atomic mass is 19.2. The third-order valence-corrected chi connectivity index (χ3v) is 2.49. The molecule has 0 atom stereocenters. The fraction of sp³-hybridized carbons (Fsp3) is 0.500. The molecule has 0 fully saturated rings. The highest BCUT2D eigenvalue weighted by Crippen LogP contribution is 2.09. The maximum absolute atomic E-state index is 12.9. The fourth-order valence-electron chi connectivity index (χ4n) is 1.38. The quantitative estimate of drug-likeness (QED) is 0.512. The van der Waals surface area contributed by atoms with E-state index in [0.29, 0.717) is 19.8 Å². The molecular formula is C14H18F2O3. The van der Waals surface area contributed by atoms with Crippen LogP contribution in [0.1, 0.15) is 30.1 Å². The highest BCUT2D eigenvalue weighted by Gasteiger charge is 2.09. The van der Waals surface area contributed by atoms with Gasteiger partial charge < -0.3 is 9.47 Å². The van der Waals surface area contributed by atoms with Gasteiger partial charge in [0.1, 0.15) is 6.61 Å². The van der Waals surface area contributed by atoms with E-state index in [9.17, 15) is 13.6 Å². The van der Waals surface area contributed by atoms with Crippen molar-refractivity contribution in [3.05, 3.63) is 35.4 Å². The first kappa shape index (κ1) is 15.7. The van der Waals surface area contributed by atoms with Crippen molar-refractivity contribution < 1.29 is 23.0 Å². The zero-order valence-electron chi connectivity index (χ0n) is 11.0. The lowest BCUT2D eigenvalue weighted by atomic mass is 10.1. The number of unbranched alkanes of at least 4 members (excludes halogenated alkanes) is 1. The average Bonchev–Trinajstić information content (AvgIpc) is 2.40. The molecule has 0 aliphatic carbocycles. The van der Waals surface area contributed by atoms with Crippen molar-refractivity contribution in [1.82, 2.24) is 0 Å². The van der Waals surface area contributed by atoms with Crippen LogP contribution in [0.4, 0.5) is 8.78 Å². The standard InChI is InChI=1S/C14H18F2O3/c1-2-3-6-18-7-8-19-10-14(17)11-4-5-12(15)13(16)9-11/h4-5,9H,2-3,6-8,10H2,1H3. The van der Waals surface area contributed by atoms with Crippen LogP contribution in [0.2, 0.25) is 0 Å². The third kappa shape index (κ3) is 5.89. The lowest BCUT2D eigenvalue weighted by molar-refractivity contribution is 0.0432. The number of benzene rings is 1. The number of Topliss-reactive ketones (excluding diaryl/α,β-unsaturated/α-hetero) is 1. The van der Waals surface area contributed by atoms with E-state index in [2.05, 4.69) is 6.92 Å². The topological polar surface area (TPSA) is 35.5 Å². The van der Waals surface area contributed by atoms with Gasteiger partial charge in [-0.1, -0.05) is 13.3 Å². The fourth-order valence-corrected chi connectivity index (χ4v) is 1.38. The molecule has 1 rings (SSSR count). The SMILES string of the molecule is CCCCOCCOCC(=O)c1ccc(F)c(F)c1. The molecule has 0 bridgehead atoms. The molecule has 0 amide bonds. The van der Waals surface area contributed by atoms with E-state index in [-0.39, 0.29) is 18.0 Å². The molecular weight excluding hydrogens is 254 g/mol. The summed E-state index contributed by atoms with van der Waals surface area (Å²) in [5.41, 5.74) is 0.103. The van der Waals surface area contributed by atoms with E-state index in [1.54, 1.807) is 0 Å². The molecule has 19 heavy (non-hydrogen) atoms. The average molecular weight is 272 g/mol. The molecule has 1 aromatic rings. The molecule has 3 nitrogen and oxygen atoms in total. The Morgan fingerprint density at radius 2 is 1.84 bits per heavy atom. The van der Waals surface area contributed by atoms with Crippen LogP contribution in [0.3, 0.4) is 0 Å². The Kier molecular flexibility index (Phi) is 7.22. The monoisotopic (exact) mass is 272 g/mol. The van der Waals surface area contributed by atoms with Gasteiger partial charge in [-0.15, -0.1) is 0 Å². The molecule has 0 saturated heterocycles. The Hall–Kier alpha value is -1.33. The molecule has 0 saturated carbocycles. The Bertz CT molecular complexity index is 408. The second kappa shape index (κ2) is 8.72. The van der Waals surface area contributed by atoms with Crippen molar-refractivity contribution in [2.24, 2.45) is 0 Å². The summed E-state index contributed by atoms with van der Waals surface area (Å²) >= 11 is 0. The van der Waals surface area contributed by atoms with E-state index in [1.807, 2.05) is 0 Å². The minimum absolute atomic E-state index is 0.103. The number of carbonyl (C=O) groups is 1. The molecule has 0 aliphatic rings. The molecule has 0 unspecified atom stereocenters. The molecule has 0 aromatic heterocycles. The minimum atomic E-state index is -1.03. The molecule has 5 heteroatoms. The molecule has 0 aliphatic heterocycles. The van der Waals surface area contributed by atoms with Gasteiger partial charge in [0.15, 0.2) is 17.4 Å². The van der Waals surface area contributed by atoms with Crippen LogP contribution >= 0.6 is 0 Å². The molecule has 0 heterocycles. The summed E-state index contributed by atoms with van der Waals surface area (Å²) in [7, 11) is 0. The Labute approximate surface area is 111 Å². The summed E-state index contributed by atoms with van der Waals surface area (Å²) in [6.45, 7) is 3.31. The Balaban J connectivity index is 2.22. The smallest absolute Gasteiger partial charge is 0.188 e. The summed E-state index contributed by atoms with van der Waals surface area (Å²) < 4.78 is 36.0. The van der Waals surface area contributed by atoms with Gasteiger partial charge in [0.25, 0.3) is 0 Å². The summed E-state index contributed by atoms with van der Waals surface area (Å²) in [5, 5.41) is 0. The van der Waals surface area contributed by atoms with Crippen LogP contribution in [0.5, 0.6) is 0 Å². The predicted molar refractivity (Wildman–Crippen MR) is 67.2 cm³/mol. The predicted octanol–water partition coefficient (Wildman–Crippen LogP) is 2.98. The minimum Gasteiger partial charge on any atom is -0.379 e. The Morgan fingerprint density at radius 1 is 1.11 bits per heavy atom. The molecule has 106 valence electrons. The summed E-state index contributed by atoms with van der Waals surface area (Å²) in [4.78, 5) is 11.6. The lowest BCUT2D eigenvalue weighted by Gasteiger charge is -2.05. The second-order valence-corrected chi connectivity index (χ2v) is 4.07. The normalized spacial score (nSPS) is 10.7. The third-order valence-electron chi connectivity index (χ3n) is 2.49. The van der Waals surface area contributed by atoms with Gasteiger partial charge in [-0.25, -0.2) is 8.78 Å². The van der Waals surface area contributed by atoms with Crippen LogP contribution in [0.25, 0.3) is 0 Å². The van der Waals surface area contributed by atoms with Crippen molar-refractivity contribution in [3.63, 3.8) is 0 Å². The molecule has 0 radical (unpaired) electrons. The van der Waals surface area contributed by atoms with Crippen molar-refractivity contribution in [1.29, 1.82) is 0 Å². The number of hydrogen-bond acceptors (Lipinski definition) is 3. The van der Waals surface area contributed by atoms with E-state index in [1.165, 1.54) is 6.07 Å².